The summed E-state index contributed by atoms with van der Waals surface area (Å²) in [5, 5.41) is 12.4. The van der Waals surface area contributed by atoms with E-state index in [-0.39, 0.29) is 11.5 Å². The Kier molecular flexibility index (Phi) is 5.54. The molecule has 0 aliphatic heterocycles. The van der Waals surface area contributed by atoms with Crippen LogP contribution >= 0.6 is 11.3 Å². The zero-order valence-electron chi connectivity index (χ0n) is 12.9. The lowest BCUT2D eigenvalue weighted by atomic mass is 9.82. The van der Waals surface area contributed by atoms with Gasteiger partial charge in [-0.2, -0.15) is 0 Å². The van der Waals surface area contributed by atoms with Crippen molar-refractivity contribution in [1.82, 2.24) is 0 Å². The van der Waals surface area contributed by atoms with Crippen molar-refractivity contribution in [3.8, 4) is 0 Å². The molecule has 124 valence electrons. The number of nitrogens with one attached hydrogen (secondary N) is 1. The summed E-state index contributed by atoms with van der Waals surface area (Å²) < 4.78 is 0. The first-order valence-electron chi connectivity index (χ1n) is 7.55. The number of hydrogen-bond acceptors (Lipinski definition) is 4. The molecule has 0 saturated carbocycles. The van der Waals surface area contributed by atoms with Crippen molar-refractivity contribution in [2.24, 2.45) is 17.6 Å². The van der Waals surface area contributed by atoms with Crippen LogP contribution in [0.25, 0.3) is 0 Å². The molecule has 0 bridgehead atoms. The molecule has 0 spiro atoms. The number of aryl methyl sites for hydroxylation is 1. The fourth-order valence-electron chi connectivity index (χ4n) is 2.67. The molecule has 4 N–H and O–H groups in total. The summed E-state index contributed by atoms with van der Waals surface area (Å²) in [4.78, 5) is 36.3. The van der Waals surface area contributed by atoms with Gasteiger partial charge in [-0.15, -0.1) is 11.3 Å². The van der Waals surface area contributed by atoms with Gasteiger partial charge in [0, 0.05) is 4.88 Å². The maximum Gasteiger partial charge on any atom is 0.307 e. The zero-order chi connectivity index (χ0) is 17.0. The number of hydrogen-bond donors (Lipinski definition) is 3. The molecule has 1 aromatic rings. The van der Waals surface area contributed by atoms with E-state index in [1.54, 1.807) is 12.1 Å². The molecule has 1 aliphatic carbocycles. The van der Waals surface area contributed by atoms with Crippen LogP contribution < -0.4 is 11.1 Å². The molecule has 0 saturated heterocycles. The van der Waals surface area contributed by atoms with Gasteiger partial charge < -0.3 is 16.2 Å². The molecule has 2 amide bonds. The van der Waals surface area contributed by atoms with Gasteiger partial charge in [0.2, 0.25) is 5.91 Å². The average Bonchev–Trinajstić information content (AvgIpc) is 2.90. The standard InChI is InChI=1S/C16H20N2O4S/c1-2-5-9-8-12(13(17)19)15(23-9)18-14(20)10-6-3-4-7-11(10)16(21)22/h3-4,8,10-11H,2,5-7H2,1H3,(H2,17,19)(H,18,20)(H,21,22). The topological polar surface area (TPSA) is 109 Å². The maximum absolute atomic E-state index is 12.5. The number of carboxylic acid groups (broad SMARTS) is 1. The lowest BCUT2D eigenvalue weighted by molar-refractivity contribution is -0.146. The van der Waals surface area contributed by atoms with Crippen molar-refractivity contribution in [3.63, 3.8) is 0 Å². The molecule has 2 unspecified atom stereocenters. The van der Waals surface area contributed by atoms with Crippen molar-refractivity contribution in [1.29, 1.82) is 0 Å². The van der Waals surface area contributed by atoms with E-state index in [1.165, 1.54) is 11.3 Å². The first-order valence-corrected chi connectivity index (χ1v) is 8.36. The molecule has 23 heavy (non-hydrogen) atoms. The van der Waals surface area contributed by atoms with Crippen LogP contribution in [0.2, 0.25) is 0 Å². The molecule has 0 aromatic carbocycles. The van der Waals surface area contributed by atoms with Crippen LogP contribution in [0.4, 0.5) is 5.00 Å². The average molecular weight is 336 g/mol. The van der Waals surface area contributed by atoms with Crippen LogP contribution in [0.3, 0.4) is 0 Å². The van der Waals surface area contributed by atoms with Crippen LogP contribution in [-0.2, 0) is 16.0 Å². The number of anilines is 1. The van der Waals surface area contributed by atoms with Gasteiger partial charge in [0.15, 0.2) is 0 Å². The maximum atomic E-state index is 12.5. The van der Waals surface area contributed by atoms with Crippen LogP contribution in [0.15, 0.2) is 18.2 Å². The fraction of sp³-hybridized carbons (Fsp3) is 0.438. The van der Waals surface area contributed by atoms with Crippen molar-refractivity contribution in [2.75, 3.05) is 5.32 Å². The number of carboxylic acids is 1. The Hall–Kier alpha value is -2.15. The molecule has 0 fully saturated rings. The highest BCUT2D eigenvalue weighted by Crippen LogP contribution is 2.32. The van der Waals surface area contributed by atoms with Gasteiger partial charge in [-0.25, -0.2) is 0 Å². The van der Waals surface area contributed by atoms with Crippen molar-refractivity contribution < 1.29 is 19.5 Å². The van der Waals surface area contributed by atoms with Gasteiger partial charge in [-0.05, 0) is 25.3 Å². The Morgan fingerprint density at radius 2 is 1.96 bits per heavy atom. The number of carbonyl (C=O) groups is 3. The predicted octanol–water partition coefficient (Wildman–Crippen LogP) is 2.41. The summed E-state index contributed by atoms with van der Waals surface area (Å²) in [5.74, 6) is -3.35. The van der Waals surface area contributed by atoms with E-state index in [1.807, 2.05) is 13.0 Å². The molecular formula is C16H20N2O4S. The molecular weight excluding hydrogens is 316 g/mol. The number of rotatable bonds is 6. The summed E-state index contributed by atoms with van der Waals surface area (Å²) in [6, 6.07) is 1.70. The summed E-state index contributed by atoms with van der Waals surface area (Å²) in [6.45, 7) is 2.02. The van der Waals surface area contributed by atoms with Gasteiger partial charge in [-0.3, -0.25) is 14.4 Å². The second-order valence-corrected chi connectivity index (χ2v) is 6.69. The second kappa shape index (κ2) is 7.41. The normalized spacial score (nSPS) is 20.2. The first kappa shape index (κ1) is 17.2. The quantitative estimate of drug-likeness (QED) is 0.693. The minimum absolute atomic E-state index is 0.282. The Morgan fingerprint density at radius 3 is 2.52 bits per heavy atom. The molecule has 1 heterocycles. The van der Waals surface area contributed by atoms with E-state index in [0.717, 1.165) is 17.7 Å². The monoisotopic (exact) mass is 336 g/mol. The third kappa shape index (κ3) is 3.98. The highest BCUT2D eigenvalue weighted by molar-refractivity contribution is 7.16. The molecule has 1 aromatic heterocycles. The van der Waals surface area contributed by atoms with Crippen molar-refractivity contribution >= 4 is 34.1 Å². The van der Waals surface area contributed by atoms with Gasteiger partial charge in [0.1, 0.15) is 5.00 Å². The van der Waals surface area contributed by atoms with Gasteiger partial charge >= 0.3 is 5.97 Å². The molecule has 0 radical (unpaired) electrons. The van der Waals surface area contributed by atoms with E-state index in [0.29, 0.717) is 17.8 Å². The van der Waals surface area contributed by atoms with E-state index >= 15 is 0 Å². The zero-order valence-corrected chi connectivity index (χ0v) is 13.7. The van der Waals surface area contributed by atoms with Gasteiger partial charge in [0.05, 0.1) is 17.4 Å². The Bertz CT molecular complexity index is 651. The van der Waals surface area contributed by atoms with Crippen LogP contribution in [0.5, 0.6) is 0 Å². The van der Waals surface area contributed by atoms with Crippen molar-refractivity contribution in [2.45, 2.75) is 32.6 Å². The molecule has 6 nitrogen and oxygen atoms in total. The lowest BCUT2D eigenvalue weighted by Gasteiger charge is -2.24. The van der Waals surface area contributed by atoms with E-state index in [4.69, 9.17) is 5.73 Å². The summed E-state index contributed by atoms with van der Waals surface area (Å²) >= 11 is 1.32. The molecule has 7 heteroatoms. The number of primary amides is 1. The summed E-state index contributed by atoms with van der Waals surface area (Å²) in [6.07, 6.45) is 6.02. The minimum atomic E-state index is -0.984. The Balaban J connectivity index is 2.20. The largest absolute Gasteiger partial charge is 0.481 e. The number of nitrogens with two attached hydrogens (primary N) is 1. The summed E-state index contributed by atoms with van der Waals surface area (Å²) in [7, 11) is 0. The second-order valence-electron chi connectivity index (χ2n) is 5.55. The van der Waals surface area contributed by atoms with E-state index in [9.17, 15) is 19.5 Å². The van der Waals surface area contributed by atoms with E-state index < -0.39 is 23.7 Å². The first-order chi connectivity index (χ1) is 10.9. The number of carbonyl (C=O) groups excluding carboxylic acids is 2. The van der Waals surface area contributed by atoms with Crippen LogP contribution in [-0.4, -0.2) is 22.9 Å². The fourth-order valence-corrected chi connectivity index (χ4v) is 3.84. The van der Waals surface area contributed by atoms with Crippen LogP contribution in [0.1, 0.15) is 41.4 Å². The molecule has 2 rings (SSSR count). The van der Waals surface area contributed by atoms with Crippen molar-refractivity contribution in [3.05, 3.63) is 28.7 Å². The molecule has 2 atom stereocenters. The Morgan fingerprint density at radius 1 is 1.30 bits per heavy atom. The number of allylic oxidation sites excluding steroid dienone is 2. The molecule has 1 aliphatic rings. The third-order valence-electron chi connectivity index (χ3n) is 3.87. The smallest absolute Gasteiger partial charge is 0.307 e. The third-order valence-corrected chi connectivity index (χ3v) is 4.98. The van der Waals surface area contributed by atoms with Crippen LogP contribution in [0, 0.1) is 11.8 Å². The summed E-state index contributed by atoms with van der Waals surface area (Å²) in [5.41, 5.74) is 5.65. The van der Waals surface area contributed by atoms with Gasteiger partial charge in [-0.1, -0.05) is 25.5 Å². The van der Waals surface area contributed by atoms with Gasteiger partial charge in [0.25, 0.3) is 5.91 Å². The minimum Gasteiger partial charge on any atom is -0.481 e. The Labute approximate surface area is 138 Å². The lowest BCUT2D eigenvalue weighted by Crippen LogP contribution is -2.34. The SMILES string of the molecule is CCCc1cc(C(N)=O)c(NC(=O)C2CC=CCC2C(=O)O)s1. The van der Waals surface area contributed by atoms with E-state index in [2.05, 4.69) is 5.32 Å². The number of amides is 2. The number of thiophene rings is 1. The highest BCUT2D eigenvalue weighted by atomic mass is 32.1. The highest BCUT2D eigenvalue weighted by Gasteiger charge is 2.34. The predicted molar refractivity (Wildman–Crippen MR) is 88.5 cm³/mol. The number of aliphatic carboxylic acids is 1.